The number of para-hydroxylation sites is 1. The van der Waals surface area contributed by atoms with E-state index in [1.165, 1.54) is 0 Å². The second-order valence-electron chi connectivity index (χ2n) is 6.31. The number of amides is 1. The average molecular weight is 326 g/mol. The van der Waals surface area contributed by atoms with Crippen molar-refractivity contribution < 1.29 is 9.53 Å². The van der Waals surface area contributed by atoms with E-state index < -0.39 is 5.54 Å². The first-order valence-corrected chi connectivity index (χ1v) is 8.30. The highest BCUT2D eigenvalue weighted by atomic mass is 16.5. The van der Waals surface area contributed by atoms with Crippen LogP contribution in [0.25, 0.3) is 0 Å². The zero-order valence-corrected chi connectivity index (χ0v) is 14.6. The van der Waals surface area contributed by atoms with Crippen molar-refractivity contribution in [1.29, 1.82) is 0 Å². The van der Waals surface area contributed by atoms with Crippen LogP contribution in [-0.2, 0) is 11.4 Å². The van der Waals surface area contributed by atoms with Crippen LogP contribution in [0.4, 0.5) is 5.69 Å². The lowest BCUT2D eigenvalue weighted by molar-refractivity contribution is -0.120. The maximum absolute atomic E-state index is 12.4. The normalized spacial score (nSPS) is 13.2. The van der Waals surface area contributed by atoms with E-state index >= 15 is 0 Å². The number of rotatable bonds is 7. The minimum absolute atomic E-state index is 0.159. The molecule has 0 radical (unpaired) electrons. The summed E-state index contributed by atoms with van der Waals surface area (Å²) in [5.41, 5.74) is 8.05. The van der Waals surface area contributed by atoms with Crippen molar-refractivity contribution >= 4 is 11.6 Å². The molecule has 1 unspecified atom stereocenters. The van der Waals surface area contributed by atoms with E-state index in [2.05, 4.69) is 5.32 Å². The van der Waals surface area contributed by atoms with Crippen LogP contribution >= 0.6 is 0 Å². The summed E-state index contributed by atoms with van der Waals surface area (Å²) in [6.07, 6.45) is 1.51. The van der Waals surface area contributed by atoms with Crippen LogP contribution in [0.15, 0.2) is 48.5 Å². The summed E-state index contributed by atoms with van der Waals surface area (Å²) in [6, 6.07) is 15.5. The molecule has 1 atom stereocenters. The molecule has 0 aliphatic carbocycles. The van der Waals surface area contributed by atoms with Gasteiger partial charge in [-0.3, -0.25) is 4.79 Å². The predicted molar refractivity (Wildman–Crippen MR) is 98.1 cm³/mol. The average Bonchev–Trinajstić information content (AvgIpc) is 2.56. The lowest BCUT2D eigenvalue weighted by atomic mass is 9.96. The van der Waals surface area contributed by atoms with E-state index in [0.717, 1.165) is 29.0 Å². The van der Waals surface area contributed by atoms with Gasteiger partial charge in [-0.05, 0) is 49.6 Å². The van der Waals surface area contributed by atoms with Crippen molar-refractivity contribution in [2.24, 2.45) is 5.73 Å². The standard InChI is InChI=1S/C20H26N2O2/c1-4-13-20(3,21)19(23)22-18-12-8-9-16(15(18)2)14-24-17-10-6-5-7-11-17/h5-12H,4,13-14,21H2,1-3H3,(H,22,23). The van der Waals surface area contributed by atoms with E-state index in [-0.39, 0.29) is 5.91 Å². The molecule has 2 aromatic carbocycles. The van der Waals surface area contributed by atoms with Crippen LogP contribution in [0.1, 0.15) is 37.8 Å². The molecule has 3 N–H and O–H groups in total. The van der Waals surface area contributed by atoms with Gasteiger partial charge in [0.2, 0.25) is 5.91 Å². The summed E-state index contributed by atoms with van der Waals surface area (Å²) in [5, 5.41) is 2.95. The fourth-order valence-electron chi connectivity index (χ4n) is 2.55. The Labute approximate surface area is 144 Å². The molecule has 4 nitrogen and oxygen atoms in total. The van der Waals surface area contributed by atoms with Gasteiger partial charge in [0.1, 0.15) is 12.4 Å². The third kappa shape index (κ3) is 4.59. The Balaban J connectivity index is 2.09. The Morgan fingerprint density at radius 2 is 1.88 bits per heavy atom. The first kappa shape index (κ1) is 18.0. The summed E-state index contributed by atoms with van der Waals surface area (Å²) in [4.78, 5) is 12.4. The maximum atomic E-state index is 12.4. The molecule has 0 spiro atoms. The molecule has 0 saturated heterocycles. The number of anilines is 1. The van der Waals surface area contributed by atoms with Gasteiger partial charge in [0.05, 0.1) is 5.54 Å². The molecule has 0 aliphatic rings. The predicted octanol–water partition coefficient (Wildman–Crippen LogP) is 4.03. The fraction of sp³-hybridized carbons (Fsp3) is 0.350. The van der Waals surface area contributed by atoms with Gasteiger partial charge in [-0.25, -0.2) is 0 Å². The molecule has 24 heavy (non-hydrogen) atoms. The number of hydrogen-bond acceptors (Lipinski definition) is 3. The molecular formula is C20H26N2O2. The second kappa shape index (κ2) is 7.97. The number of carbonyl (C=O) groups is 1. The Kier molecular flexibility index (Phi) is 5.99. The van der Waals surface area contributed by atoms with E-state index in [1.807, 2.05) is 62.4 Å². The number of carbonyl (C=O) groups excluding carboxylic acids is 1. The molecule has 0 aliphatic heterocycles. The number of benzene rings is 2. The molecule has 0 saturated carbocycles. The van der Waals surface area contributed by atoms with Crippen LogP contribution in [0.2, 0.25) is 0 Å². The van der Waals surface area contributed by atoms with Crippen LogP contribution in [0, 0.1) is 6.92 Å². The monoisotopic (exact) mass is 326 g/mol. The zero-order valence-electron chi connectivity index (χ0n) is 14.6. The minimum atomic E-state index is -0.863. The van der Waals surface area contributed by atoms with Crippen molar-refractivity contribution in [3.63, 3.8) is 0 Å². The fourth-order valence-corrected chi connectivity index (χ4v) is 2.55. The van der Waals surface area contributed by atoms with Gasteiger partial charge in [0, 0.05) is 5.69 Å². The Morgan fingerprint density at radius 3 is 2.54 bits per heavy atom. The molecule has 0 aromatic heterocycles. The molecule has 2 rings (SSSR count). The zero-order chi connectivity index (χ0) is 17.6. The summed E-state index contributed by atoms with van der Waals surface area (Å²) in [6.45, 7) is 6.22. The van der Waals surface area contributed by atoms with E-state index in [1.54, 1.807) is 6.92 Å². The van der Waals surface area contributed by atoms with E-state index in [9.17, 15) is 4.79 Å². The first-order chi connectivity index (χ1) is 11.4. The molecule has 2 aromatic rings. The molecule has 0 heterocycles. The van der Waals surface area contributed by atoms with Crippen molar-refractivity contribution in [2.75, 3.05) is 5.32 Å². The smallest absolute Gasteiger partial charge is 0.244 e. The van der Waals surface area contributed by atoms with Gasteiger partial charge in [-0.2, -0.15) is 0 Å². The van der Waals surface area contributed by atoms with Gasteiger partial charge in [-0.15, -0.1) is 0 Å². The van der Waals surface area contributed by atoms with Crippen molar-refractivity contribution in [1.82, 2.24) is 0 Å². The number of nitrogens with one attached hydrogen (secondary N) is 1. The van der Waals surface area contributed by atoms with Gasteiger partial charge in [0.25, 0.3) is 0 Å². The van der Waals surface area contributed by atoms with Crippen molar-refractivity contribution in [3.05, 3.63) is 59.7 Å². The topological polar surface area (TPSA) is 64.4 Å². The Bertz CT molecular complexity index is 681. The maximum Gasteiger partial charge on any atom is 0.244 e. The van der Waals surface area contributed by atoms with Gasteiger partial charge < -0.3 is 15.8 Å². The molecule has 4 heteroatoms. The number of ether oxygens (including phenoxy) is 1. The molecule has 128 valence electrons. The highest BCUT2D eigenvalue weighted by Crippen LogP contribution is 2.22. The molecule has 0 bridgehead atoms. The van der Waals surface area contributed by atoms with Crippen molar-refractivity contribution in [3.8, 4) is 5.75 Å². The first-order valence-electron chi connectivity index (χ1n) is 8.30. The SMILES string of the molecule is CCCC(C)(N)C(=O)Nc1cccc(COc2ccccc2)c1C. The quantitative estimate of drug-likeness (QED) is 0.807. The van der Waals surface area contributed by atoms with Crippen molar-refractivity contribution in [2.45, 2.75) is 45.8 Å². The lowest BCUT2D eigenvalue weighted by Crippen LogP contribution is -2.48. The largest absolute Gasteiger partial charge is 0.489 e. The summed E-state index contributed by atoms with van der Waals surface area (Å²) >= 11 is 0. The minimum Gasteiger partial charge on any atom is -0.489 e. The molecule has 1 amide bonds. The highest BCUT2D eigenvalue weighted by molar-refractivity contribution is 5.98. The summed E-state index contributed by atoms with van der Waals surface area (Å²) in [7, 11) is 0. The van der Waals surface area contributed by atoms with E-state index in [4.69, 9.17) is 10.5 Å². The summed E-state index contributed by atoms with van der Waals surface area (Å²) < 4.78 is 5.80. The van der Waals surface area contributed by atoms with Gasteiger partial charge in [0.15, 0.2) is 0 Å². The lowest BCUT2D eigenvalue weighted by Gasteiger charge is -2.24. The number of nitrogens with two attached hydrogens (primary N) is 1. The second-order valence-corrected chi connectivity index (χ2v) is 6.31. The van der Waals surface area contributed by atoms with Gasteiger partial charge >= 0.3 is 0 Å². The van der Waals surface area contributed by atoms with Crippen LogP contribution in [0.3, 0.4) is 0 Å². The van der Waals surface area contributed by atoms with E-state index in [0.29, 0.717) is 13.0 Å². The van der Waals surface area contributed by atoms with Crippen LogP contribution in [0.5, 0.6) is 5.75 Å². The third-order valence-corrected chi connectivity index (χ3v) is 4.12. The van der Waals surface area contributed by atoms with Gasteiger partial charge in [-0.1, -0.05) is 43.7 Å². The summed E-state index contributed by atoms with van der Waals surface area (Å²) in [5.74, 6) is 0.664. The third-order valence-electron chi connectivity index (χ3n) is 4.12. The van der Waals surface area contributed by atoms with Crippen LogP contribution in [-0.4, -0.2) is 11.4 Å². The Hall–Kier alpha value is -2.33. The molecular weight excluding hydrogens is 300 g/mol. The van der Waals surface area contributed by atoms with Crippen LogP contribution < -0.4 is 15.8 Å². The molecule has 0 fully saturated rings. The Morgan fingerprint density at radius 1 is 1.17 bits per heavy atom. The number of hydrogen-bond donors (Lipinski definition) is 2. The highest BCUT2D eigenvalue weighted by Gasteiger charge is 2.27.